The Morgan fingerprint density at radius 3 is 2.21 bits per heavy atom. The van der Waals surface area contributed by atoms with Crippen molar-refractivity contribution in [2.45, 2.75) is 20.3 Å². The third-order valence-corrected chi connectivity index (χ3v) is 1.74. The van der Waals surface area contributed by atoms with E-state index < -0.39 is 0 Å². The number of hydrogen-bond acceptors (Lipinski definition) is 1. The molecule has 0 heterocycles. The van der Waals surface area contributed by atoms with E-state index in [4.69, 9.17) is 5.53 Å². The molecule has 0 saturated heterocycles. The second-order valence-electron chi connectivity index (χ2n) is 2.72. The summed E-state index contributed by atoms with van der Waals surface area (Å²) in [6, 6.07) is 0. The summed E-state index contributed by atoms with van der Waals surface area (Å²) in [5.41, 5.74) is 10.6. The molecule has 1 aliphatic rings. The largest absolute Gasteiger partial charge is 2.00 e. The van der Waals surface area contributed by atoms with Crippen LogP contribution in [0.2, 0.25) is 0 Å². The Morgan fingerprint density at radius 1 is 1.36 bits per heavy atom. The van der Waals surface area contributed by atoms with Crippen molar-refractivity contribution in [3.63, 3.8) is 0 Å². The summed E-state index contributed by atoms with van der Waals surface area (Å²) in [7, 11) is 0. The van der Waals surface area contributed by atoms with E-state index in [1.807, 2.05) is 6.92 Å². The SMILES string of the molecule is CC1=CC(=[N+]=[N-])CC(C)=C1O.[Cl-].[Cl-].[Zn+2]. The Hall–Kier alpha value is -0.137. The van der Waals surface area contributed by atoms with Crippen molar-refractivity contribution in [2.75, 3.05) is 0 Å². The third-order valence-electron chi connectivity index (χ3n) is 1.74. The molecule has 0 aromatic rings. The molecule has 74 valence electrons. The second-order valence-corrected chi connectivity index (χ2v) is 2.72. The number of halogens is 2. The molecule has 0 fully saturated rings. The van der Waals surface area contributed by atoms with Crippen molar-refractivity contribution >= 4 is 5.71 Å². The van der Waals surface area contributed by atoms with Gasteiger partial charge < -0.3 is 35.5 Å². The van der Waals surface area contributed by atoms with Crippen LogP contribution >= 0.6 is 0 Å². The summed E-state index contributed by atoms with van der Waals surface area (Å²) < 4.78 is 0. The van der Waals surface area contributed by atoms with Gasteiger partial charge in [0.15, 0.2) is 0 Å². The zero-order chi connectivity index (χ0) is 8.43. The van der Waals surface area contributed by atoms with Gasteiger partial charge in [0.2, 0.25) is 0 Å². The van der Waals surface area contributed by atoms with Gasteiger partial charge in [-0.05, 0) is 25.0 Å². The minimum atomic E-state index is 0. The van der Waals surface area contributed by atoms with Crippen LogP contribution < -0.4 is 24.8 Å². The van der Waals surface area contributed by atoms with Gasteiger partial charge in [-0.15, -0.1) is 0 Å². The first-order chi connectivity index (χ1) is 5.15. The van der Waals surface area contributed by atoms with Crippen LogP contribution in [-0.2, 0) is 19.5 Å². The molecule has 6 heteroatoms. The van der Waals surface area contributed by atoms with E-state index in [9.17, 15) is 5.11 Å². The normalized spacial score (nSPS) is 14.1. The summed E-state index contributed by atoms with van der Waals surface area (Å²) in [6.07, 6.45) is 2.20. The molecule has 3 nitrogen and oxygen atoms in total. The molecule has 0 unspecified atom stereocenters. The van der Waals surface area contributed by atoms with E-state index in [1.165, 1.54) is 0 Å². The topological polar surface area (TPSA) is 56.6 Å². The molecule has 1 N–H and O–H groups in total. The van der Waals surface area contributed by atoms with Crippen molar-refractivity contribution in [2.24, 2.45) is 0 Å². The molecule has 0 amide bonds. The average molecular weight is 286 g/mol. The van der Waals surface area contributed by atoms with Gasteiger partial charge in [0.05, 0.1) is 6.42 Å². The summed E-state index contributed by atoms with van der Waals surface area (Å²) in [5, 5.41) is 9.33. The number of rotatable bonds is 0. The van der Waals surface area contributed by atoms with Gasteiger partial charge in [-0.25, -0.2) is 0 Å². The molecule has 0 atom stereocenters. The molecule has 0 aliphatic heterocycles. The Kier molecular flexibility index (Phi) is 11.4. The number of aliphatic hydroxyl groups excluding tert-OH is 1. The second kappa shape index (κ2) is 8.19. The van der Waals surface area contributed by atoms with Crippen LogP contribution in [0.3, 0.4) is 0 Å². The van der Waals surface area contributed by atoms with E-state index in [-0.39, 0.29) is 44.3 Å². The molecule has 1 aliphatic carbocycles. The Morgan fingerprint density at radius 2 is 1.86 bits per heavy atom. The first kappa shape index (κ1) is 19.4. The molecular formula is C8H10Cl2N2OZn. The number of allylic oxidation sites excluding steroid dienone is 3. The van der Waals surface area contributed by atoms with E-state index >= 15 is 0 Å². The Bertz CT molecular complexity index is 306. The zero-order valence-electron chi connectivity index (χ0n) is 8.09. The average Bonchev–Trinajstić information content (AvgIpc) is 1.99. The number of hydrogen-bond donors (Lipinski definition) is 1. The first-order valence-corrected chi connectivity index (χ1v) is 3.43. The van der Waals surface area contributed by atoms with Crippen molar-refractivity contribution < 1.29 is 54.2 Å². The van der Waals surface area contributed by atoms with Crippen LogP contribution in [0, 0.1) is 0 Å². The van der Waals surface area contributed by atoms with E-state index in [1.54, 1.807) is 13.0 Å². The van der Waals surface area contributed by atoms with Crippen molar-refractivity contribution in [3.05, 3.63) is 28.5 Å². The Balaban J connectivity index is -0.000000403. The van der Waals surface area contributed by atoms with Gasteiger partial charge in [0.1, 0.15) is 5.76 Å². The summed E-state index contributed by atoms with van der Waals surface area (Å²) in [6.45, 7) is 3.60. The minimum absolute atomic E-state index is 0. The van der Waals surface area contributed by atoms with Crippen LogP contribution in [0.4, 0.5) is 0 Å². The molecule has 0 aromatic heterocycles. The quantitative estimate of drug-likeness (QED) is 0.274. The van der Waals surface area contributed by atoms with Gasteiger partial charge in [0.25, 0.3) is 5.71 Å². The molecule has 0 spiro atoms. The summed E-state index contributed by atoms with van der Waals surface area (Å²) >= 11 is 0. The fraction of sp³-hybridized carbons (Fsp3) is 0.375. The van der Waals surface area contributed by atoms with Gasteiger partial charge in [-0.1, -0.05) is 0 Å². The smallest absolute Gasteiger partial charge is 1.00 e. The monoisotopic (exact) mass is 284 g/mol. The number of nitrogens with zero attached hydrogens (tertiary/aromatic N) is 2. The summed E-state index contributed by atoms with van der Waals surface area (Å²) in [5.74, 6) is 0.317. The van der Waals surface area contributed by atoms with Crippen molar-refractivity contribution in [1.29, 1.82) is 0 Å². The van der Waals surface area contributed by atoms with Crippen molar-refractivity contribution in [3.8, 4) is 0 Å². The minimum Gasteiger partial charge on any atom is -1.00 e. The maximum atomic E-state index is 9.33. The van der Waals surface area contributed by atoms with Crippen LogP contribution in [0.5, 0.6) is 0 Å². The van der Waals surface area contributed by atoms with Crippen LogP contribution in [0.1, 0.15) is 20.3 Å². The van der Waals surface area contributed by atoms with Gasteiger partial charge in [0, 0.05) is 6.08 Å². The van der Waals surface area contributed by atoms with Crippen LogP contribution in [0.25, 0.3) is 5.53 Å². The molecule has 0 aromatic carbocycles. The maximum Gasteiger partial charge on any atom is 2.00 e. The standard InChI is InChI=1S/C8H10N2O.2ClH.Zn/c1-5-3-7(10-9)4-6(2)8(5)11;;;/h3,11H,4H2,1-2H3;2*1H;/q;;;+2/p-2. The molecular weight excluding hydrogens is 276 g/mol. The fourth-order valence-corrected chi connectivity index (χ4v) is 1.13. The van der Waals surface area contributed by atoms with E-state index in [2.05, 4.69) is 4.79 Å². The fourth-order valence-electron chi connectivity index (χ4n) is 1.13. The van der Waals surface area contributed by atoms with Gasteiger partial charge in [-0.2, -0.15) is 4.79 Å². The predicted molar refractivity (Wildman–Crippen MR) is 42.3 cm³/mol. The summed E-state index contributed by atoms with van der Waals surface area (Å²) in [4.78, 5) is 3.08. The maximum absolute atomic E-state index is 9.33. The van der Waals surface area contributed by atoms with Crippen LogP contribution in [-0.4, -0.2) is 15.6 Å². The van der Waals surface area contributed by atoms with Gasteiger partial charge in [-0.3, -0.25) is 0 Å². The van der Waals surface area contributed by atoms with Crippen molar-refractivity contribution in [1.82, 2.24) is 0 Å². The third kappa shape index (κ3) is 4.39. The molecule has 1 rings (SSSR count). The van der Waals surface area contributed by atoms with E-state index in [0.29, 0.717) is 17.9 Å². The molecule has 0 radical (unpaired) electrons. The zero-order valence-corrected chi connectivity index (χ0v) is 12.6. The Labute approximate surface area is 108 Å². The molecule has 14 heavy (non-hydrogen) atoms. The van der Waals surface area contributed by atoms with Gasteiger partial charge >= 0.3 is 19.5 Å². The van der Waals surface area contributed by atoms with E-state index in [0.717, 1.165) is 11.1 Å². The van der Waals surface area contributed by atoms with Crippen LogP contribution in [0.15, 0.2) is 23.0 Å². The molecule has 0 saturated carbocycles. The number of aliphatic hydroxyl groups is 1. The molecule has 0 bridgehead atoms. The first-order valence-electron chi connectivity index (χ1n) is 3.43. The predicted octanol–water partition coefficient (Wildman–Crippen LogP) is -4.16.